The summed E-state index contributed by atoms with van der Waals surface area (Å²) in [4.78, 5) is 16.6. The zero-order valence-electron chi connectivity index (χ0n) is 15.4. The van der Waals surface area contributed by atoms with Crippen LogP contribution < -0.4 is 9.47 Å². The summed E-state index contributed by atoms with van der Waals surface area (Å²) in [5, 5.41) is 0. The first-order valence-corrected chi connectivity index (χ1v) is 9.78. The first-order chi connectivity index (χ1) is 13.0. The number of nitrogens with zero attached hydrogens (tertiary/aromatic N) is 1. The minimum Gasteiger partial charge on any atom is -0.490 e. The van der Waals surface area contributed by atoms with Crippen molar-refractivity contribution in [1.29, 1.82) is 0 Å². The highest BCUT2D eigenvalue weighted by molar-refractivity contribution is 14.1. The topological polar surface area (TPSA) is 57.1 Å². The van der Waals surface area contributed by atoms with Crippen LogP contribution in [-0.2, 0) is 9.53 Å². The van der Waals surface area contributed by atoms with Crippen LogP contribution in [0.25, 0.3) is 6.08 Å². The lowest BCUT2D eigenvalue weighted by Crippen LogP contribution is -2.05. The number of aryl methyl sites for hydroxylation is 1. The smallest absolute Gasteiger partial charge is 0.363 e. The van der Waals surface area contributed by atoms with Crippen molar-refractivity contribution in [2.24, 2.45) is 4.99 Å². The number of halogens is 1. The van der Waals surface area contributed by atoms with Gasteiger partial charge in [0.25, 0.3) is 0 Å². The molecule has 2 aromatic carbocycles. The van der Waals surface area contributed by atoms with Crippen molar-refractivity contribution in [3.63, 3.8) is 0 Å². The van der Waals surface area contributed by atoms with Crippen LogP contribution in [0.1, 0.15) is 30.5 Å². The number of benzene rings is 2. The molecule has 1 aliphatic rings. The van der Waals surface area contributed by atoms with E-state index in [0.29, 0.717) is 30.6 Å². The summed E-state index contributed by atoms with van der Waals surface area (Å²) in [6, 6.07) is 11.5. The van der Waals surface area contributed by atoms with E-state index in [4.69, 9.17) is 14.2 Å². The Morgan fingerprint density at radius 2 is 1.81 bits per heavy atom. The predicted octanol–water partition coefficient (Wildman–Crippen LogP) is 4.74. The highest BCUT2D eigenvalue weighted by Crippen LogP contribution is 2.35. The number of rotatable bonds is 6. The van der Waals surface area contributed by atoms with Crippen LogP contribution in [0.5, 0.6) is 11.5 Å². The lowest BCUT2D eigenvalue weighted by molar-refractivity contribution is -0.129. The van der Waals surface area contributed by atoms with E-state index in [2.05, 4.69) is 27.6 Å². The fraction of sp³-hybridized carbons (Fsp3) is 0.238. The monoisotopic (exact) mass is 477 g/mol. The molecule has 0 aromatic heterocycles. The zero-order chi connectivity index (χ0) is 19.4. The van der Waals surface area contributed by atoms with Gasteiger partial charge in [-0.2, -0.15) is 0 Å². The fourth-order valence-electron chi connectivity index (χ4n) is 2.61. The Balaban J connectivity index is 1.95. The molecule has 0 saturated carbocycles. The SMILES string of the molecule is CCOc1cc(/C=C2/N=C(c3ccc(C)cc3)OC2=O)cc(I)c1OCC. The van der Waals surface area contributed by atoms with Crippen molar-refractivity contribution in [2.45, 2.75) is 20.8 Å². The lowest BCUT2D eigenvalue weighted by atomic mass is 10.1. The van der Waals surface area contributed by atoms with Gasteiger partial charge in [0, 0.05) is 5.56 Å². The number of hydrogen-bond donors (Lipinski definition) is 0. The van der Waals surface area contributed by atoms with E-state index >= 15 is 0 Å². The van der Waals surface area contributed by atoms with Crippen molar-refractivity contribution in [2.75, 3.05) is 13.2 Å². The van der Waals surface area contributed by atoms with E-state index in [1.54, 1.807) is 6.08 Å². The first kappa shape index (κ1) is 19.4. The van der Waals surface area contributed by atoms with Crippen LogP contribution in [0.15, 0.2) is 47.1 Å². The molecule has 0 unspecified atom stereocenters. The highest BCUT2D eigenvalue weighted by atomic mass is 127. The minimum atomic E-state index is -0.465. The second kappa shape index (κ2) is 8.56. The molecule has 0 amide bonds. The number of carbonyl (C=O) groups excluding carboxylic acids is 1. The third-order valence-corrected chi connectivity index (χ3v) is 4.64. The second-order valence-corrected chi connectivity index (χ2v) is 7.06. The van der Waals surface area contributed by atoms with Crippen molar-refractivity contribution in [3.8, 4) is 11.5 Å². The van der Waals surface area contributed by atoms with Crippen molar-refractivity contribution in [1.82, 2.24) is 0 Å². The van der Waals surface area contributed by atoms with Crippen LogP contribution in [0.4, 0.5) is 0 Å². The van der Waals surface area contributed by atoms with Gasteiger partial charge < -0.3 is 14.2 Å². The van der Waals surface area contributed by atoms with E-state index in [-0.39, 0.29) is 5.70 Å². The summed E-state index contributed by atoms with van der Waals surface area (Å²) in [5.41, 5.74) is 2.96. The van der Waals surface area contributed by atoms with Gasteiger partial charge in [0.05, 0.1) is 16.8 Å². The van der Waals surface area contributed by atoms with Crippen LogP contribution in [0.2, 0.25) is 0 Å². The standard InChI is InChI=1S/C21H20INO4/c1-4-25-18-12-14(10-16(22)19(18)26-5-2)11-17-21(24)27-20(23-17)15-8-6-13(3)7-9-15/h6-12H,4-5H2,1-3H3/b17-11+. The zero-order valence-corrected chi connectivity index (χ0v) is 17.6. The van der Waals surface area contributed by atoms with Gasteiger partial charge in [-0.15, -0.1) is 0 Å². The molecule has 0 N–H and O–H groups in total. The van der Waals surface area contributed by atoms with Gasteiger partial charge >= 0.3 is 5.97 Å². The molecule has 0 saturated heterocycles. The summed E-state index contributed by atoms with van der Waals surface area (Å²) in [7, 11) is 0. The Bertz CT molecular complexity index is 917. The maximum atomic E-state index is 12.2. The van der Waals surface area contributed by atoms with Crippen molar-refractivity contribution < 1.29 is 19.0 Å². The maximum Gasteiger partial charge on any atom is 0.363 e. The second-order valence-electron chi connectivity index (χ2n) is 5.90. The maximum absolute atomic E-state index is 12.2. The molecule has 1 aliphatic heterocycles. The number of cyclic esters (lactones) is 1. The minimum absolute atomic E-state index is 0.257. The summed E-state index contributed by atoms with van der Waals surface area (Å²) in [6.45, 7) is 6.92. The fourth-order valence-corrected chi connectivity index (χ4v) is 3.39. The summed E-state index contributed by atoms with van der Waals surface area (Å²) in [5.74, 6) is 1.21. The van der Waals surface area contributed by atoms with Gasteiger partial charge in [0.1, 0.15) is 0 Å². The van der Waals surface area contributed by atoms with Gasteiger partial charge in [-0.25, -0.2) is 9.79 Å². The summed E-state index contributed by atoms with van der Waals surface area (Å²) in [6.07, 6.45) is 1.70. The van der Waals surface area contributed by atoms with E-state index in [0.717, 1.165) is 20.3 Å². The Morgan fingerprint density at radius 1 is 1.11 bits per heavy atom. The first-order valence-electron chi connectivity index (χ1n) is 8.70. The average Bonchev–Trinajstić information content (AvgIpc) is 2.99. The molecule has 0 bridgehead atoms. The molecule has 6 heteroatoms. The van der Waals surface area contributed by atoms with Gasteiger partial charge in [-0.3, -0.25) is 0 Å². The Morgan fingerprint density at radius 3 is 2.48 bits per heavy atom. The quantitative estimate of drug-likeness (QED) is 0.343. The molecule has 3 rings (SSSR count). The van der Waals surface area contributed by atoms with E-state index in [9.17, 15) is 4.79 Å². The molecule has 1 heterocycles. The van der Waals surface area contributed by atoms with Gasteiger partial charge in [-0.1, -0.05) is 17.7 Å². The van der Waals surface area contributed by atoms with Crippen LogP contribution >= 0.6 is 22.6 Å². The number of carbonyl (C=O) groups is 1. The molecule has 5 nitrogen and oxygen atoms in total. The van der Waals surface area contributed by atoms with E-state index in [1.807, 2.05) is 57.2 Å². The Kier molecular flexibility index (Phi) is 6.15. The third kappa shape index (κ3) is 4.50. The third-order valence-electron chi connectivity index (χ3n) is 3.84. The summed E-state index contributed by atoms with van der Waals surface area (Å²) >= 11 is 2.20. The molecule has 140 valence electrons. The number of ether oxygens (including phenoxy) is 3. The van der Waals surface area contributed by atoms with Gasteiger partial charge in [0.15, 0.2) is 17.2 Å². The molecule has 0 aliphatic carbocycles. The number of aliphatic imine (C=N–C) groups is 1. The molecule has 0 atom stereocenters. The van der Waals surface area contributed by atoms with Crippen molar-refractivity contribution >= 4 is 40.5 Å². The molecule has 0 radical (unpaired) electrons. The number of esters is 1. The number of hydrogen-bond acceptors (Lipinski definition) is 5. The van der Waals surface area contributed by atoms with Crippen LogP contribution in [0, 0.1) is 10.5 Å². The Labute approximate surface area is 172 Å². The lowest BCUT2D eigenvalue weighted by Gasteiger charge is -2.13. The Hall–Kier alpha value is -2.35. The molecular formula is C21H20INO4. The largest absolute Gasteiger partial charge is 0.490 e. The summed E-state index contributed by atoms with van der Waals surface area (Å²) < 4.78 is 17.6. The average molecular weight is 477 g/mol. The normalized spacial score (nSPS) is 14.9. The van der Waals surface area contributed by atoms with Crippen LogP contribution in [-0.4, -0.2) is 25.1 Å². The van der Waals surface area contributed by atoms with Crippen molar-refractivity contribution in [3.05, 3.63) is 62.4 Å². The predicted molar refractivity (Wildman–Crippen MR) is 113 cm³/mol. The van der Waals surface area contributed by atoms with E-state index < -0.39 is 5.97 Å². The molecule has 2 aromatic rings. The van der Waals surface area contributed by atoms with Crippen LogP contribution in [0.3, 0.4) is 0 Å². The highest BCUT2D eigenvalue weighted by Gasteiger charge is 2.24. The van der Waals surface area contributed by atoms with Gasteiger partial charge in [0.2, 0.25) is 5.90 Å². The molecule has 0 fully saturated rings. The molecule has 0 spiro atoms. The molecule has 27 heavy (non-hydrogen) atoms. The van der Waals surface area contributed by atoms with Gasteiger partial charge in [-0.05, 0) is 79.3 Å². The van der Waals surface area contributed by atoms with E-state index in [1.165, 1.54) is 0 Å². The molecular weight excluding hydrogens is 457 g/mol.